The number of carbonyl (C=O) groups is 1. The average molecular weight is 246 g/mol. The number of rotatable bonds is 6. The molecule has 0 heterocycles. The van der Waals surface area contributed by atoms with Crippen LogP contribution in [-0.4, -0.2) is 23.1 Å². The van der Waals surface area contributed by atoms with Crippen molar-refractivity contribution in [2.75, 3.05) is 6.61 Å². The van der Waals surface area contributed by atoms with E-state index in [0.29, 0.717) is 19.4 Å². The molecule has 18 heavy (non-hydrogen) atoms. The van der Waals surface area contributed by atoms with Crippen molar-refractivity contribution < 1.29 is 14.3 Å². The average Bonchev–Trinajstić information content (AvgIpc) is 2.36. The highest BCUT2D eigenvalue weighted by atomic mass is 16.5. The van der Waals surface area contributed by atoms with E-state index in [1.165, 1.54) is 0 Å². The first-order chi connectivity index (χ1) is 8.63. The van der Waals surface area contributed by atoms with E-state index in [2.05, 4.69) is 4.79 Å². The third-order valence-electron chi connectivity index (χ3n) is 2.42. The number of nitrogens with zero attached hydrogens (tertiary/aromatic N) is 2. The van der Waals surface area contributed by atoms with E-state index in [-0.39, 0.29) is 11.6 Å². The second kappa shape index (κ2) is 7.41. The summed E-state index contributed by atoms with van der Waals surface area (Å²) in [4.78, 5) is 14.6. The predicted octanol–water partition coefficient (Wildman–Crippen LogP) is 2.49. The molecule has 0 aliphatic heterocycles. The Labute approximate surface area is 107 Å². The van der Waals surface area contributed by atoms with Crippen LogP contribution in [0.4, 0.5) is 0 Å². The predicted molar refractivity (Wildman–Crippen MR) is 69.2 cm³/mol. The fraction of sp³-hybridized carbons (Fsp3) is 0.429. The Morgan fingerprint density at radius 3 is 2.56 bits per heavy atom. The first-order valence-electron chi connectivity index (χ1n) is 6.05. The number of benzene rings is 1. The molecule has 0 aromatic heterocycles. The van der Waals surface area contributed by atoms with Crippen LogP contribution in [0.5, 0.6) is 0 Å². The summed E-state index contributed by atoms with van der Waals surface area (Å²) >= 11 is 0. The normalized spacial score (nSPS) is 9.94. The van der Waals surface area contributed by atoms with E-state index >= 15 is 0 Å². The summed E-state index contributed by atoms with van der Waals surface area (Å²) in [6.45, 7) is 4.19. The van der Waals surface area contributed by atoms with Gasteiger partial charge in [-0.15, -0.1) is 0 Å². The molecule has 0 bridgehead atoms. The van der Waals surface area contributed by atoms with E-state index in [4.69, 9.17) is 10.3 Å². The van der Waals surface area contributed by atoms with Gasteiger partial charge in [-0.2, -0.15) is 4.79 Å². The summed E-state index contributed by atoms with van der Waals surface area (Å²) in [5, 5.41) is 0. The minimum atomic E-state index is -0.540. The third-order valence-corrected chi connectivity index (χ3v) is 2.42. The van der Waals surface area contributed by atoms with Crippen LogP contribution in [0.2, 0.25) is 0 Å². The maximum Gasteiger partial charge on any atom is 0.416 e. The lowest BCUT2D eigenvalue weighted by Gasteiger charge is -2.03. The maximum atomic E-state index is 11.6. The molecule has 4 heteroatoms. The van der Waals surface area contributed by atoms with Crippen LogP contribution in [0.15, 0.2) is 30.3 Å². The number of carbonyl (C=O) groups excluding carboxylic acids is 1. The highest BCUT2D eigenvalue weighted by molar-refractivity contribution is 6.33. The lowest BCUT2D eigenvalue weighted by molar-refractivity contribution is -0.140. The minimum Gasteiger partial charge on any atom is -0.457 e. The van der Waals surface area contributed by atoms with Gasteiger partial charge in [-0.1, -0.05) is 44.2 Å². The molecule has 0 saturated heterocycles. The standard InChI is InChI=1S/C14H18N2O2/c1-11(2)10-13(16-15)14(17)18-9-8-12-6-4-3-5-7-12/h3-7,11H,8-10H2,1-2H3. The lowest BCUT2D eigenvalue weighted by Crippen LogP contribution is -2.21. The largest absolute Gasteiger partial charge is 0.457 e. The first kappa shape index (κ1) is 14.1. The Morgan fingerprint density at radius 1 is 1.33 bits per heavy atom. The van der Waals surface area contributed by atoms with Gasteiger partial charge in [0.05, 0.1) is 13.0 Å². The summed E-state index contributed by atoms with van der Waals surface area (Å²) in [6.07, 6.45) is 1.08. The zero-order valence-corrected chi connectivity index (χ0v) is 10.8. The first-order valence-corrected chi connectivity index (χ1v) is 6.05. The SMILES string of the molecule is CC(C)CC(=[N+]=[N-])C(=O)OCCc1ccccc1. The van der Waals surface area contributed by atoms with Crippen LogP contribution in [0.1, 0.15) is 25.8 Å². The van der Waals surface area contributed by atoms with E-state index in [0.717, 1.165) is 5.56 Å². The molecule has 0 aliphatic carbocycles. The van der Waals surface area contributed by atoms with Crippen LogP contribution in [0, 0.1) is 5.92 Å². The van der Waals surface area contributed by atoms with Crippen LogP contribution in [0.25, 0.3) is 5.53 Å². The zero-order valence-electron chi connectivity index (χ0n) is 10.8. The van der Waals surface area contributed by atoms with Gasteiger partial charge in [0, 0.05) is 6.42 Å². The lowest BCUT2D eigenvalue weighted by atomic mass is 10.1. The van der Waals surface area contributed by atoms with Gasteiger partial charge in [0.15, 0.2) is 0 Å². The van der Waals surface area contributed by atoms with Gasteiger partial charge in [-0.25, -0.2) is 4.79 Å². The van der Waals surface area contributed by atoms with Gasteiger partial charge in [0.1, 0.15) is 0 Å². The molecular formula is C14H18N2O2. The third kappa shape index (κ3) is 4.93. The van der Waals surface area contributed by atoms with E-state index in [1.807, 2.05) is 44.2 Å². The van der Waals surface area contributed by atoms with Crippen LogP contribution in [0.3, 0.4) is 0 Å². The molecule has 1 rings (SSSR count). The van der Waals surface area contributed by atoms with Crippen molar-refractivity contribution in [2.45, 2.75) is 26.7 Å². The molecule has 0 aliphatic rings. The second-order valence-corrected chi connectivity index (χ2v) is 4.52. The molecule has 0 spiro atoms. The minimum absolute atomic E-state index is 0.0815. The van der Waals surface area contributed by atoms with Gasteiger partial charge in [-0.3, -0.25) is 0 Å². The van der Waals surface area contributed by atoms with Crippen molar-refractivity contribution in [1.82, 2.24) is 0 Å². The summed E-state index contributed by atoms with van der Waals surface area (Å²) in [6, 6.07) is 9.77. The Morgan fingerprint density at radius 2 is 2.00 bits per heavy atom. The molecule has 4 nitrogen and oxygen atoms in total. The number of esters is 1. The molecule has 0 N–H and O–H groups in total. The van der Waals surface area contributed by atoms with Crippen molar-refractivity contribution in [1.29, 1.82) is 0 Å². The highest BCUT2D eigenvalue weighted by Gasteiger charge is 2.22. The fourth-order valence-corrected chi connectivity index (χ4v) is 1.54. The summed E-state index contributed by atoms with van der Waals surface area (Å²) in [5.74, 6) is -0.292. The molecular weight excluding hydrogens is 228 g/mol. The molecule has 1 aromatic rings. The van der Waals surface area contributed by atoms with E-state index in [1.54, 1.807) is 0 Å². The zero-order chi connectivity index (χ0) is 13.4. The van der Waals surface area contributed by atoms with Crippen molar-refractivity contribution in [2.24, 2.45) is 5.92 Å². The topological polar surface area (TPSA) is 62.7 Å². The van der Waals surface area contributed by atoms with Crippen molar-refractivity contribution in [3.63, 3.8) is 0 Å². The molecule has 96 valence electrons. The van der Waals surface area contributed by atoms with Crippen LogP contribution >= 0.6 is 0 Å². The van der Waals surface area contributed by atoms with Crippen molar-refractivity contribution in [3.8, 4) is 0 Å². The number of hydrogen-bond acceptors (Lipinski definition) is 2. The smallest absolute Gasteiger partial charge is 0.416 e. The molecule has 0 saturated carbocycles. The van der Waals surface area contributed by atoms with E-state index < -0.39 is 5.97 Å². The van der Waals surface area contributed by atoms with Crippen molar-refractivity contribution >= 4 is 11.7 Å². The molecule has 0 unspecified atom stereocenters. The quantitative estimate of drug-likeness (QED) is 0.335. The molecule has 0 amide bonds. The van der Waals surface area contributed by atoms with Gasteiger partial charge < -0.3 is 10.3 Å². The second-order valence-electron chi connectivity index (χ2n) is 4.52. The number of ether oxygens (including phenoxy) is 1. The molecule has 0 atom stereocenters. The highest BCUT2D eigenvalue weighted by Crippen LogP contribution is 2.03. The summed E-state index contributed by atoms with van der Waals surface area (Å²) in [7, 11) is 0. The van der Waals surface area contributed by atoms with E-state index in [9.17, 15) is 4.79 Å². The van der Waals surface area contributed by atoms with Gasteiger partial charge in [-0.05, 0) is 11.5 Å². The summed E-state index contributed by atoms with van der Waals surface area (Å²) < 4.78 is 5.07. The Hall–Kier alpha value is -1.93. The Bertz CT molecular complexity index is 434. The molecule has 0 fully saturated rings. The molecule has 0 radical (unpaired) electrons. The Kier molecular flexibility index (Phi) is 5.81. The number of hydrogen-bond donors (Lipinski definition) is 0. The molecule has 1 aromatic carbocycles. The maximum absolute atomic E-state index is 11.6. The van der Waals surface area contributed by atoms with Crippen LogP contribution in [-0.2, 0) is 16.0 Å². The van der Waals surface area contributed by atoms with Gasteiger partial charge in [0.25, 0.3) is 0 Å². The monoisotopic (exact) mass is 246 g/mol. The van der Waals surface area contributed by atoms with Gasteiger partial charge >= 0.3 is 11.7 Å². The fourth-order valence-electron chi connectivity index (χ4n) is 1.54. The van der Waals surface area contributed by atoms with Gasteiger partial charge in [0.2, 0.25) is 0 Å². The van der Waals surface area contributed by atoms with Crippen molar-refractivity contribution in [3.05, 3.63) is 41.4 Å². The van der Waals surface area contributed by atoms with Crippen LogP contribution < -0.4 is 0 Å². The Balaban J connectivity index is 2.39. The summed E-state index contributed by atoms with van der Waals surface area (Å²) in [5.41, 5.74) is 9.94.